The van der Waals surface area contributed by atoms with E-state index in [4.69, 9.17) is 10.2 Å². The smallest absolute Gasteiger partial charge is 0.307 e. The first-order valence-electron chi connectivity index (χ1n) is 6.46. The van der Waals surface area contributed by atoms with Gasteiger partial charge in [0.1, 0.15) is 0 Å². The molecule has 0 aromatic heterocycles. The maximum absolute atomic E-state index is 11.2. The summed E-state index contributed by atoms with van der Waals surface area (Å²) in [6.07, 6.45) is 4.21. The third-order valence-corrected chi connectivity index (χ3v) is 3.97. The van der Waals surface area contributed by atoms with Crippen LogP contribution in [0.15, 0.2) is 0 Å². The molecule has 0 spiro atoms. The molecule has 6 nitrogen and oxygen atoms in total. The lowest BCUT2D eigenvalue weighted by Crippen LogP contribution is -2.18. The van der Waals surface area contributed by atoms with Crippen LogP contribution in [0.2, 0.25) is 0 Å². The minimum Gasteiger partial charge on any atom is -0.481 e. The predicted molar refractivity (Wildman–Crippen MR) is 71.7 cm³/mol. The van der Waals surface area contributed by atoms with Gasteiger partial charge in [0.2, 0.25) is 0 Å². The molecule has 7 heteroatoms. The number of aliphatic carboxylic acids is 2. The van der Waals surface area contributed by atoms with Crippen molar-refractivity contribution in [2.24, 2.45) is 5.92 Å². The monoisotopic (exact) mass is 294 g/mol. The molecule has 0 aliphatic heterocycles. The van der Waals surface area contributed by atoms with Gasteiger partial charge in [-0.25, -0.2) is 0 Å². The van der Waals surface area contributed by atoms with Gasteiger partial charge in [-0.1, -0.05) is 25.7 Å². The molecule has 0 aromatic rings. The third-order valence-electron chi connectivity index (χ3n) is 2.85. The molecule has 2 unspecified atom stereocenters. The fourth-order valence-electron chi connectivity index (χ4n) is 1.90. The Morgan fingerprint density at radius 2 is 1.58 bits per heavy atom. The average Bonchev–Trinajstić information content (AvgIpc) is 2.23. The topological polar surface area (TPSA) is 112 Å². The molecular weight excluding hydrogens is 271 g/mol. The van der Waals surface area contributed by atoms with Crippen molar-refractivity contribution in [3.05, 3.63) is 0 Å². The summed E-state index contributed by atoms with van der Waals surface area (Å²) in [5.41, 5.74) is 0. The van der Waals surface area contributed by atoms with Crippen LogP contribution >= 0.6 is 7.37 Å². The van der Waals surface area contributed by atoms with Crippen LogP contribution < -0.4 is 0 Å². The van der Waals surface area contributed by atoms with Gasteiger partial charge >= 0.3 is 11.9 Å². The number of hydrogen-bond donors (Lipinski definition) is 3. The highest BCUT2D eigenvalue weighted by Crippen LogP contribution is 2.38. The maximum atomic E-state index is 11.2. The largest absolute Gasteiger partial charge is 0.481 e. The number of carboxylic acid groups (broad SMARTS) is 2. The second-order valence-electron chi connectivity index (χ2n) is 4.97. The summed E-state index contributed by atoms with van der Waals surface area (Å²) in [6, 6.07) is 0. The van der Waals surface area contributed by atoms with Crippen LogP contribution in [0, 0.1) is 5.92 Å². The van der Waals surface area contributed by atoms with E-state index < -0.39 is 25.2 Å². The molecule has 0 rings (SSSR count). The lowest BCUT2D eigenvalue weighted by molar-refractivity contribution is -0.141. The molecule has 0 aliphatic carbocycles. The molecule has 0 heterocycles. The zero-order chi connectivity index (χ0) is 14.9. The summed E-state index contributed by atoms with van der Waals surface area (Å²) in [6.45, 7) is 1.18. The van der Waals surface area contributed by atoms with Crippen molar-refractivity contribution >= 4 is 19.3 Å². The van der Waals surface area contributed by atoms with E-state index >= 15 is 0 Å². The first kappa shape index (κ1) is 18.1. The molecule has 0 fully saturated rings. The summed E-state index contributed by atoms with van der Waals surface area (Å²) in [4.78, 5) is 30.4. The van der Waals surface area contributed by atoms with Crippen molar-refractivity contribution in [1.82, 2.24) is 0 Å². The second-order valence-corrected chi connectivity index (χ2v) is 7.44. The molecule has 0 amide bonds. The molecule has 0 aromatic carbocycles. The fourth-order valence-corrected chi connectivity index (χ4v) is 3.06. The summed E-state index contributed by atoms with van der Waals surface area (Å²) in [5.74, 6) is -2.59. The van der Waals surface area contributed by atoms with E-state index in [1.807, 2.05) is 0 Å². The Balaban J connectivity index is 3.74. The fraction of sp³-hybridized carbons (Fsp3) is 0.833. The van der Waals surface area contributed by atoms with Crippen molar-refractivity contribution in [3.8, 4) is 0 Å². The molecule has 0 saturated carbocycles. The minimum atomic E-state index is -3.30. The quantitative estimate of drug-likeness (QED) is 0.398. The third kappa shape index (κ3) is 11.9. The van der Waals surface area contributed by atoms with Crippen LogP contribution in [0.25, 0.3) is 0 Å². The summed E-state index contributed by atoms with van der Waals surface area (Å²) < 4.78 is 11.2. The second kappa shape index (κ2) is 9.10. The lowest BCUT2D eigenvalue weighted by Gasteiger charge is -2.13. The molecule has 0 bridgehead atoms. The van der Waals surface area contributed by atoms with Gasteiger partial charge in [0.05, 0.1) is 5.92 Å². The van der Waals surface area contributed by atoms with Crippen molar-refractivity contribution in [1.29, 1.82) is 0 Å². The Labute approximate surface area is 113 Å². The van der Waals surface area contributed by atoms with Crippen molar-refractivity contribution < 1.29 is 29.3 Å². The van der Waals surface area contributed by atoms with Gasteiger partial charge in [-0.15, -0.1) is 0 Å². The molecule has 0 radical (unpaired) electrons. The molecule has 112 valence electrons. The Morgan fingerprint density at radius 3 is 2.05 bits per heavy atom. The maximum Gasteiger partial charge on any atom is 0.307 e. The summed E-state index contributed by atoms with van der Waals surface area (Å²) >= 11 is 0. The number of carbonyl (C=O) groups is 2. The van der Waals surface area contributed by atoms with E-state index in [0.717, 1.165) is 19.3 Å². The minimum absolute atomic E-state index is 0.168. The Bertz CT molecular complexity index is 335. The van der Waals surface area contributed by atoms with Crippen molar-refractivity contribution in [2.75, 3.05) is 12.8 Å². The van der Waals surface area contributed by atoms with Gasteiger partial charge in [-0.2, -0.15) is 0 Å². The predicted octanol–water partition coefficient (Wildman–Crippen LogP) is 2.40. The Morgan fingerprint density at radius 1 is 1.05 bits per heavy atom. The van der Waals surface area contributed by atoms with Crippen LogP contribution in [0.3, 0.4) is 0 Å². The molecule has 0 saturated heterocycles. The first-order valence-corrected chi connectivity index (χ1v) is 8.75. The van der Waals surface area contributed by atoms with Crippen LogP contribution in [-0.2, 0) is 14.2 Å². The van der Waals surface area contributed by atoms with E-state index in [-0.39, 0.29) is 12.6 Å². The Kier molecular flexibility index (Phi) is 8.68. The van der Waals surface area contributed by atoms with Gasteiger partial charge in [0.25, 0.3) is 0 Å². The highest BCUT2D eigenvalue weighted by atomic mass is 31.2. The van der Waals surface area contributed by atoms with Gasteiger partial charge in [-0.05, 0) is 12.8 Å². The van der Waals surface area contributed by atoms with Gasteiger partial charge in [0, 0.05) is 19.2 Å². The number of unbranched alkanes of at least 4 members (excludes halogenated alkanes) is 4. The van der Waals surface area contributed by atoms with Crippen LogP contribution in [0.4, 0.5) is 0 Å². The standard InChI is InChI=1S/C12H23O6P/c1-19(17,18)9-10(12(15)16)7-5-3-2-4-6-8-11(13)14/h10H,2-9H2,1H3,(H,13,14)(H,15,16)(H,17,18). The summed E-state index contributed by atoms with van der Waals surface area (Å²) in [5, 5.41) is 17.4. The van der Waals surface area contributed by atoms with Crippen molar-refractivity contribution in [2.45, 2.75) is 44.9 Å². The summed E-state index contributed by atoms with van der Waals surface area (Å²) in [7, 11) is -3.30. The molecule has 2 atom stereocenters. The zero-order valence-electron chi connectivity index (χ0n) is 11.2. The number of carboxylic acids is 2. The van der Waals surface area contributed by atoms with E-state index in [9.17, 15) is 19.0 Å². The molecule has 3 N–H and O–H groups in total. The number of rotatable bonds is 11. The Hall–Kier alpha value is -0.870. The van der Waals surface area contributed by atoms with Gasteiger partial charge in [0.15, 0.2) is 7.37 Å². The number of hydrogen-bond acceptors (Lipinski definition) is 3. The van der Waals surface area contributed by atoms with Gasteiger partial charge in [-0.3, -0.25) is 14.2 Å². The SMILES string of the molecule is CP(=O)(O)CC(CCCCCCCC(=O)O)C(=O)O. The molecule has 0 aliphatic rings. The normalized spacial score (nSPS) is 15.7. The highest BCUT2D eigenvalue weighted by molar-refractivity contribution is 7.57. The van der Waals surface area contributed by atoms with E-state index in [2.05, 4.69) is 0 Å². The van der Waals surface area contributed by atoms with Gasteiger partial charge < -0.3 is 15.1 Å². The van der Waals surface area contributed by atoms with Crippen molar-refractivity contribution in [3.63, 3.8) is 0 Å². The molecular formula is C12H23O6P. The van der Waals surface area contributed by atoms with E-state index in [1.165, 1.54) is 6.66 Å². The van der Waals surface area contributed by atoms with E-state index in [1.54, 1.807) is 0 Å². The average molecular weight is 294 g/mol. The highest BCUT2D eigenvalue weighted by Gasteiger charge is 2.24. The first-order chi connectivity index (χ1) is 8.72. The van der Waals surface area contributed by atoms with Crippen LogP contribution in [0.1, 0.15) is 44.9 Å². The lowest BCUT2D eigenvalue weighted by atomic mass is 10.0. The van der Waals surface area contributed by atoms with Crippen LogP contribution in [-0.4, -0.2) is 39.9 Å². The van der Waals surface area contributed by atoms with Crippen LogP contribution in [0.5, 0.6) is 0 Å². The van der Waals surface area contributed by atoms with E-state index in [0.29, 0.717) is 19.3 Å². The molecule has 19 heavy (non-hydrogen) atoms. The zero-order valence-corrected chi connectivity index (χ0v) is 12.1.